The fourth-order valence-electron chi connectivity index (χ4n) is 3.34. The molecule has 144 valence electrons. The van der Waals surface area contributed by atoms with Gasteiger partial charge in [-0.05, 0) is 40.1 Å². The summed E-state index contributed by atoms with van der Waals surface area (Å²) in [6, 6.07) is 33.0. The van der Waals surface area contributed by atoms with Crippen LogP contribution in [-0.2, 0) is 16.4 Å². The Hall–Kier alpha value is -3.01. The molecule has 4 aromatic rings. The first-order chi connectivity index (χ1) is 14.1. The molecule has 29 heavy (non-hydrogen) atoms. The van der Waals surface area contributed by atoms with E-state index in [1.165, 1.54) is 0 Å². The van der Waals surface area contributed by atoms with Crippen molar-refractivity contribution < 1.29 is 9.32 Å². The molecular formula is C26H22O2S. The Morgan fingerprint density at radius 2 is 1.38 bits per heavy atom. The Bertz CT molecular complexity index is 1150. The summed E-state index contributed by atoms with van der Waals surface area (Å²) in [7, 11) is -1.37. The van der Waals surface area contributed by atoms with Crippen molar-refractivity contribution >= 4 is 27.6 Å². The Labute approximate surface area is 173 Å². The van der Waals surface area contributed by atoms with Crippen LogP contribution in [0.1, 0.15) is 11.1 Å². The lowest BCUT2D eigenvalue weighted by Gasteiger charge is -2.25. The van der Waals surface area contributed by atoms with Crippen molar-refractivity contribution in [2.45, 2.75) is 10.5 Å². The van der Waals surface area contributed by atoms with Crippen LogP contribution in [0.4, 0.5) is 0 Å². The highest BCUT2D eigenvalue weighted by atomic mass is 32.2. The van der Waals surface area contributed by atoms with E-state index < -0.39 is 16.4 Å². The molecule has 0 aliphatic rings. The van der Waals surface area contributed by atoms with Crippen LogP contribution in [0, 0.1) is 0 Å². The topological polar surface area (TPSA) is 37.3 Å². The molecule has 4 rings (SSSR count). The third-order valence-corrected chi connectivity index (χ3v) is 6.44. The van der Waals surface area contributed by atoms with Crippen LogP contribution in [0.2, 0.25) is 0 Å². The number of hydrogen-bond acceptors (Lipinski definition) is 2. The number of rotatable bonds is 6. The van der Waals surface area contributed by atoms with E-state index in [1.807, 2.05) is 109 Å². The minimum Gasteiger partial charge on any atom is -0.380 e. The normalized spacial score (nSPS) is 14.7. The summed E-state index contributed by atoms with van der Waals surface area (Å²) < 4.78 is 13.2. The molecule has 0 aromatic heterocycles. The van der Waals surface area contributed by atoms with Crippen molar-refractivity contribution in [2.24, 2.45) is 0 Å². The Balaban J connectivity index is 1.67. The number of aliphatic hydroxyl groups is 1. The molecule has 0 amide bonds. The maximum Gasteiger partial charge on any atom is 0.120 e. The quantitative estimate of drug-likeness (QED) is 0.462. The molecule has 0 saturated heterocycles. The predicted molar refractivity (Wildman–Crippen MR) is 121 cm³/mol. The van der Waals surface area contributed by atoms with Crippen molar-refractivity contribution in [1.82, 2.24) is 0 Å². The van der Waals surface area contributed by atoms with Gasteiger partial charge in [-0.3, -0.25) is 4.21 Å². The van der Waals surface area contributed by atoms with E-state index >= 15 is 0 Å². The highest BCUT2D eigenvalue weighted by molar-refractivity contribution is 7.85. The third kappa shape index (κ3) is 4.53. The van der Waals surface area contributed by atoms with Gasteiger partial charge in [-0.2, -0.15) is 0 Å². The molecule has 2 atom stereocenters. The molecule has 1 N–H and O–H groups in total. The zero-order chi connectivity index (χ0) is 20.1. The van der Waals surface area contributed by atoms with E-state index in [0.717, 1.165) is 21.9 Å². The monoisotopic (exact) mass is 398 g/mol. The lowest BCUT2D eigenvalue weighted by Crippen LogP contribution is -2.30. The Kier molecular flexibility index (Phi) is 5.70. The summed E-state index contributed by atoms with van der Waals surface area (Å²) in [5.41, 5.74) is 0.368. The molecule has 0 bridgehead atoms. The van der Waals surface area contributed by atoms with Crippen molar-refractivity contribution in [1.29, 1.82) is 0 Å². The van der Waals surface area contributed by atoms with E-state index in [-0.39, 0.29) is 5.75 Å². The zero-order valence-corrected chi connectivity index (χ0v) is 16.8. The van der Waals surface area contributed by atoms with E-state index in [4.69, 9.17) is 0 Å². The minimum atomic E-state index is -1.37. The van der Waals surface area contributed by atoms with Crippen molar-refractivity contribution in [3.63, 3.8) is 0 Å². The predicted octanol–water partition coefficient (Wildman–Crippen LogP) is 5.55. The molecule has 2 nitrogen and oxygen atoms in total. The van der Waals surface area contributed by atoms with E-state index in [2.05, 4.69) is 0 Å². The molecule has 0 fully saturated rings. The first-order valence-corrected chi connectivity index (χ1v) is 10.9. The summed E-state index contributed by atoms with van der Waals surface area (Å²) >= 11 is 0. The first-order valence-electron chi connectivity index (χ1n) is 9.53. The van der Waals surface area contributed by atoms with Gasteiger partial charge in [0.25, 0.3) is 0 Å². The Morgan fingerprint density at radius 1 is 0.759 bits per heavy atom. The van der Waals surface area contributed by atoms with Crippen LogP contribution < -0.4 is 0 Å². The highest BCUT2D eigenvalue weighted by Crippen LogP contribution is 2.28. The third-order valence-electron chi connectivity index (χ3n) is 4.96. The van der Waals surface area contributed by atoms with Gasteiger partial charge >= 0.3 is 0 Å². The number of benzene rings is 4. The van der Waals surface area contributed by atoms with Crippen molar-refractivity contribution in [3.8, 4) is 0 Å². The SMILES string of the molecule is O=S(CC(O)(/C=C/c1ccccc1)c1ccccc1)c1ccc2ccccc2c1. The molecule has 0 saturated carbocycles. The number of fused-ring (bicyclic) bond motifs is 1. The second-order valence-corrected chi connectivity index (χ2v) is 8.48. The van der Waals surface area contributed by atoms with Crippen LogP contribution in [-0.4, -0.2) is 15.1 Å². The van der Waals surface area contributed by atoms with Gasteiger partial charge in [0, 0.05) is 4.90 Å². The smallest absolute Gasteiger partial charge is 0.120 e. The van der Waals surface area contributed by atoms with Crippen LogP contribution in [0.5, 0.6) is 0 Å². The van der Waals surface area contributed by atoms with Crippen LogP contribution in [0.25, 0.3) is 16.8 Å². The van der Waals surface area contributed by atoms with Gasteiger partial charge in [-0.15, -0.1) is 0 Å². The largest absolute Gasteiger partial charge is 0.380 e. The van der Waals surface area contributed by atoms with Crippen LogP contribution >= 0.6 is 0 Å². The minimum absolute atomic E-state index is 0.0820. The van der Waals surface area contributed by atoms with Crippen LogP contribution in [0.15, 0.2) is 114 Å². The van der Waals surface area contributed by atoms with Gasteiger partial charge in [0.1, 0.15) is 5.60 Å². The van der Waals surface area contributed by atoms with Crippen molar-refractivity contribution in [2.75, 3.05) is 5.75 Å². The van der Waals surface area contributed by atoms with Gasteiger partial charge < -0.3 is 5.11 Å². The summed E-state index contributed by atoms with van der Waals surface area (Å²) in [4.78, 5) is 0.714. The van der Waals surface area contributed by atoms with Gasteiger partial charge in [0.2, 0.25) is 0 Å². The second kappa shape index (κ2) is 8.56. The van der Waals surface area contributed by atoms with E-state index in [1.54, 1.807) is 6.08 Å². The molecule has 0 aliphatic carbocycles. The fraction of sp³-hybridized carbons (Fsp3) is 0.0769. The summed E-state index contributed by atoms with van der Waals surface area (Å²) in [6.45, 7) is 0. The fourth-order valence-corrected chi connectivity index (χ4v) is 4.65. The maximum absolute atomic E-state index is 13.2. The number of hydrogen-bond donors (Lipinski definition) is 1. The van der Waals surface area contributed by atoms with Crippen molar-refractivity contribution in [3.05, 3.63) is 120 Å². The highest BCUT2D eigenvalue weighted by Gasteiger charge is 2.29. The molecule has 0 heterocycles. The summed E-state index contributed by atoms with van der Waals surface area (Å²) in [5, 5.41) is 13.7. The molecule has 3 heteroatoms. The van der Waals surface area contributed by atoms with E-state index in [0.29, 0.717) is 4.90 Å². The second-order valence-electron chi connectivity index (χ2n) is 7.03. The summed E-state index contributed by atoms with van der Waals surface area (Å²) in [6.07, 6.45) is 3.63. The van der Waals surface area contributed by atoms with Gasteiger partial charge in [-0.1, -0.05) is 97.1 Å². The average Bonchev–Trinajstić information content (AvgIpc) is 2.78. The Morgan fingerprint density at radius 3 is 2.10 bits per heavy atom. The van der Waals surface area contributed by atoms with Crippen LogP contribution in [0.3, 0.4) is 0 Å². The lowest BCUT2D eigenvalue weighted by atomic mass is 9.94. The molecule has 2 unspecified atom stereocenters. The van der Waals surface area contributed by atoms with Gasteiger partial charge in [0.05, 0.1) is 16.6 Å². The molecular weight excluding hydrogens is 376 g/mol. The molecule has 0 spiro atoms. The van der Waals surface area contributed by atoms with Gasteiger partial charge in [0.15, 0.2) is 0 Å². The molecule has 0 radical (unpaired) electrons. The standard InChI is InChI=1S/C26H22O2S/c27-26(24-13-5-2-6-14-24,18-17-21-9-3-1-4-10-21)20-29(28)25-16-15-22-11-7-8-12-23(22)19-25/h1-19,27H,20H2/b18-17+. The first kappa shape index (κ1) is 19.3. The average molecular weight is 399 g/mol. The maximum atomic E-state index is 13.2. The summed E-state index contributed by atoms with van der Waals surface area (Å²) in [5.74, 6) is 0.0820. The zero-order valence-electron chi connectivity index (χ0n) is 15.9. The molecule has 0 aliphatic heterocycles. The lowest BCUT2D eigenvalue weighted by molar-refractivity contribution is 0.116. The molecule has 4 aromatic carbocycles. The van der Waals surface area contributed by atoms with E-state index in [9.17, 15) is 9.32 Å². The van der Waals surface area contributed by atoms with Gasteiger partial charge in [-0.25, -0.2) is 0 Å².